The Morgan fingerprint density at radius 3 is 1.40 bits per heavy atom. The van der Waals surface area contributed by atoms with Crippen LogP contribution in [0.25, 0.3) is 33.8 Å². The van der Waals surface area contributed by atoms with E-state index >= 15 is 0 Å². The van der Waals surface area contributed by atoms with Gasteiger partial charge in [-0.15, -0.1) is 0 Å². The Morgan fingerprint density at radius 1 is 0.610 bits per heavy atom. The molecule has 2 fully saturated rings. The molecule has 2 saturated heterocycles. The van der Waals surface area contributed by atoms with Crippen molar-refractivity contribution in [3.05, 3.63) is 155 Å². The van der Waals surface area contributed by atoms with Crippen LogP contribution in [0.1, 0.15) is 116 Å². The van der Waals surface area contributed by atoms with Crippen molar-refractivity contribution >= 4 is 40.8 Å². The molecule has 0 atom stereocenters. The largest absolute Gasteiger partial charge is 0.497 e. The van der Waals surface area contributed by atoms with Gasteiger partial charge in [0.05, 0.1) is 49.4 Å². The minimum atomic E-state index is -0.518. The van der Waals surface area contributed by atoms with Gasteiger partial charge >= 0.3 is 6.09 Å². The second kappa shape index (κ2) is 24.9. The van der Waals surface area contributed by atoms with Crippen LogP contribution in [0, 0.1) is 0 Å². The smallest absolute Gasteiger partial charge is 0.410 e. The van der Waals surface area contributed by atoms with Crippen LogP contribution in [-0.2, 0) is 17.8 Å². The zero-order chi connectivity index (χ0) is 52.6. The number of likely N-dealkylation sites (tertiary alicyclic amines) is 1. The Labute approximate surface area is 450 Å². The van der Waals surface area contributed by atoms with Crippen LogP contribution >= 0.6 is 0 Å². The molecule has 0 bridgehead atoms. The number of ether oxygens (including phenoxy) is 3. The average molecular weight is 1050 g/mol. The van der Waals surface area contributed by atoms with Gasteiger partial charge in [-0.1, -0.05) is 63.4 Å². The molecular formula is C59H72N12O6. The number of nitrogens with two attached hydrogens (primary N) is 2. The van der Waals surface area contributed by atoms with Crippen LogP contribution in [0.5, 0.6) is 11.5 Å². The number of piperidine rings is 2. The minimum absolute atomic E-state index is 0. The Bertz CT molecular complexity index is 3260. The molecule has 10 rings (SSSR count). The quantitative estimate of drug-likeness (QED) is 0.0768. The van der Waals surface area contributed by atoms with E-state index in [9.17, 15) is 14.4 Å². The molecule has 8 aromatic rings. The number of amides is 3. The summed E-state index contributed by atoms with van der Waals surface area (Å²) in [5.41, 5.74) is 21.8. The number of methoxy groups -OCH3 is 2. The van der Waals surface area contributed by atoms with E-state index in [0.29, 0.717) is 66.2 Å². The Hall–Kier alpha value is -8.51. The Balaban J connectivity index is 0.000000221. The molecule has 0 saturated carbocycles. The third-order valence-corrected chi connectivity index (χ3v) is 13.5. The standard InChI is InChI=1S/C31H36N6O4.C26H28N6O2.2CH4/c1-31(2,3)41-30(39)36-15-13-21(14-16-36)25-19-37-26(18-33-27(32)28(37)35-25)22-7-9-23(10-8-22)29(38)34-17-20-5-11-24(40-4)12-6-20;1-34-21-8-2-17(3-9-21)14-30-26(33)20-6-4-19(5-7-20)23-15-29-24(27)25-31-22(16-32(23)25)18-10-12-28-13-11-18;;/h5-12,18-19,21H,13-17H2,1-4H3,(H2,32,33)(H,34,38);2-9,15-16,18,28H,10-14H2,1H3,(H2,27,29)(H,30,33);2*1H4. The van der Waals surface area contributed by atoms with Crippen molar-refractivity contribution in [3.8, 4) is 34.0 Å². The molecule has 0 spiro atoms. The molecular weight excluding hydrogens is 973 g/mol. The average Bonchev–Trinajstić information content (AvgIpc) is 4.13. The molecule has 0 aliphatic carbocycles. The lowest BCUT2D eigenvalue weighted by atomic mass is 9.94. The third-order valence-electron chi connectivity index (χ3n) is 13.5. The summed E-state index contributed by atoms with van der Waals surface area (Å²) in [6.07, 6.45) is 11.0. The normalized spacial score (nSPS) is 13.9. The highest BCUT2D eigenvalue weighted by atomic mass is 16.6. The number of anilines is 2. The van der Waals surface area contributed by atoms with Crippen LogP contribution in [0.3, 0.4) is 0 Å². The first kappa shape index (κ1) is 56.2. The molecule has 2 aliphatic heterocycles. The van der Waals surface area contributed by atoms with Gasteiger partial charge in [0.25, 0.3) is 11.8 Å². The summed E-state index contributed by atoms with van der Waals surface area (Å²) in [6, 6.07) is 30.1. The highest BCUT2D eigenvalue weighted by Crippen LogP contribution is 2.33. The van der Waals surface area contributed by atoms with Gasteiger partial charge in [-0.05, 0) is 119 Å². The summed E-state index contributed by atoms with van der Waals surface area (Å²) in [7, 11) is 3.25. The number of benzene rings is 4. The van der Waals surface area contributed by atoms with Gasteiger partial charge in [-0.3, -0.25) is 18.4 Å². The first-order valence-corrected chi connectivity index (χ1v) is 25.2. The summed E-state index contributed by atoms with van der Waals surface area (Å²) in [5, 5.41) is 9.31. The summed E-state index contributed by atoms with van der Waals surface area (Å²) >= 11 is 0. The van der Waals surface area contributed by atoms with Crippen molar-refractivity contribution in [1.82, 2.24) is 49.6 Å². The fourth-order valence-electron chi connectivity index (χ4n) is 9.29. The van der Waals surface area contributed by atoms with Crippen LogP contribution < -0.4 is 36.9 Å². The van der Waals surface area contributed by atoms with Gasteiger partial charge < -0.3 is 46.5 Å². The highest BCUT2D eigenvalue weighted by molar-refractivity contribution is 5.95. The van der Waals surface area contributed by atoms with E-state index in [1.54, 1.807) is 43.6 Å². The van der Waals surface area contributed by atoms with Crippen molar-refractivity contribution in [1.29, 1.82) is 0 Å². The molecule has 4 aromatic heterocycles. The molecule has 4 aromatic carbocycles. The van der Waals surface area contributed by atoms with Crippen molar-refractivity contribution in [3.63, 3.8) is 0 Å². The van der Waals surface area contributed by atoms with Gasteiger partial charge in [0.2, 0.25) is 0 Å². The number of nitrogens with one attached hydrogen (secondary N) is 3. The summed E-state index contributed by atoms with van der Waals surface area (Å²) in [4.78, 5) is 58.0. The summed E-state index contributed by atoms with van der Waals surface area (Å²) in [6.45, 7) is 9.70. The van der Waals surface area contributed by atoms with E-state index in [2.05, 4.69) is 32.1 Å². The topological polar surface area (TPSA) is 231 Å². The zero-order valence-electron chi connectivity index (χ0n) is 43.0. The molecule has 6 heterocycles. The van der Waals surface area contributed by atoms with Gasteiger partial charge in [0.15, 0.2) is 22.9 Å². The molecule has 404 valence electrons. The number of hydrogen-bond acceptors (Lipinski definition) is 13. The van der Waals surface area contributed by atoms with E-state index in [4.69, 9.17) is 35.6 Å². The lowest BCUT2D eigenvalue weighted by molar-refractivity contribution is 0.0204. The number of hydrogen-bond donors (Lipinski definition) is 5. The molecule has 18 heteroatoms. The van der Waals surface area contributed by atoms with Crippen LogP contribution in [-0.4, -0.2) is 97.5 Å². The van der Waals surface area contributed by atoms with Crippen molar-refractivity contribution in [2.45, 2.75) is 91.8 Å². The molecule has 18 nitrogen and oxygen atoms in total. The lowest BCUT2D eigenvalue weighted by Crippen LogP contribution is -2.41. The predicted molar refractivity (Wildman–Crippen MR) is 302 cm³/mol. The zero-order valence-corrected chi connectivity index (χ0v) is 43.0. The van der Waals surface area contributed by atoms with Crippen molar-refractivity contribution in [2.24, 2.45) is 0 Å². The van der Waals surface area contributed by atoms with E-state index in [-0.39, 0.29) is 38.7 Å². The second-order valence-corrected chi connectivity index (χ2v) is 19.8. The number of imidazole rings is 2. The number of fused-ring (bicyclic) bond motifs is 2. The maximum absolute atomic E-state index is 12.7. The van der Waals surface area contributed by atoms with Crippen molar-refractivity contribution in [2.75, 3.05) is 51.9 Å². The molecule has 2 aliphatic rings. The fourth-order valence-corrected chi connectivity index (χ4v) is 9.29. The van der Waals surface area contributed by atoms with Gasteiger partial charge in [-0.2, -0.15) is 0 Å². The van der Waals surface area contributed by atoms with Gasteiger partial charge in [0.1, 0.15) is 17.1 Å². The van der Waals surface area contributed by atoms with Crippen LogP contribution in [0.2, 0.25) is 0 Å². The fraction of sp³-hybridized carbons (Fsp3) is 0.339. The molecule has 0 radical (unpaired) electrons. The maximum atomic E-state index is 12.7. The van der Waals surface area contributed by atoms with E-state index in [0.717, 1.165) is 95.3 Å². The summed E-state index contributed by atoms with van der Waals surface area (Å²) < 4.78 is 19.8. The molecule has 77 heavy (non-hydrogen) atoms. The number of rotatable bonds is 12. The van der Waals surface area contributed by atoms with Crippen LogP contribution in [0.15, 0.2) is 122 Å². The lowest BCUT2D eigenvalue weighted by Gasteiger charge is -2.32. The molecule has 3 amide bonds. The monoisotopic (exact) mass is 1040 g/mol. The molecule has 7 N–H and O–H groups in total. The van der Waals surface area contributed by atoms with E-state index in [1.807, 2.05) is 121 Å². The predicted octanol–water partition coefficient (Wildman–Crippen LogP) is 9.69. The first-order chi connectivity index (χ1) is 36.2. The maximum Gasteiger partial charge on any atom is 0.410 e. The van der Waals surface area contributed by atoms with E-state index in [1.165, 1.54) is 0 Å². The third kappa shape index (κ3) is 13.5. The first-order valence-electron chi connectivity index (χ1n) is 25.2. The molecule has 0 unspecified atom stereocenters. The highest BCUT2D eigenvalue weighted by Gasteiger charge is 2.29. The number of nitrogen functional groups attached to an aromatic ring is 2. The van der Waals surface area contributed by atoms with E-state index < -0.39 is 5.60 Å². The Kier molecular flexibility index (Phi) is 18.2. The second-order valence-electron chi connectivity index (χ2n) is 19.8. The van der Waals surface area contributed by atoms with Crippen LogP contribution in [0.4, 0.5) is 16.4 Å². The SMILES string of the molecule is C.C.COc1ccc(CNC(=O)c2ccc(-c3cnc(N)c4nc(C5CCN(C(=O)OC(C)(C)C)CC5)cn34)cc2)cc1.COc1ccc(CNC(=O)c2ccc(-c3cnc(N)c4nc(C5CCNCC5)cn34)cc2)cc1. The number of aromatic nitrogens is 6. The summed E-state index contributed by atoms with van der Waals surface area (Å²) in [5.74, 6) is 2.66. The number of carbonyl (C=O) groups excluding carboxylic acids is 3. The number of carbonyl (C=O) groups is 3. The Morgan fingerprint density at radius 2 is 1.01 bits per heavy atom. The van der Waals surface area contributed by atoms with Crippen molar-refractivity contribution < 1.29 is 28.6 Å². The van der Waals surface area contributed by atoms with Gasteiger partial charge in [-0.25, -0.2) is 24.7 Å². The van der Waals surface area contributed by atoms with Gasteiger partial charge in [0, 0.05) is 72.7 Å². The minimum Gasteiger partial charge on any atom is -0.497 e. The number of nitrogens with zero attached hydrogens (tertiary/aromatic N) is 7.